The highest BCUT2D eigenvalue weighted by Crippen LogP contribution is 2.18. The molecule has 0 aliphatic rings. The van der Waals surface area contributed by atoms with Gasteiger partial charge in [0.2, 0.25) is 11.7 Å². The molecule has 0 saturated heterocycles. The quantitative estimate of drug-likeness (QED) is 0.526. The number of para-hydroxylation sites is 1. The lowest BCUT2D eigenvalue weighted by atomic mass is 10.1. The normalized spacial score (nSPS) is 10.1. The lowest BCUT2D eigenvalue weighted by Gasteiger charge is -2.08. The Labute approximate surface area is 162 Å². The second kappa shape index (κ2) is 10.4. The highest BCUT2D eigenvalue weighted by atomic mass is 32.2. The molecule has 0 atom stereocenters. The number of benzene rings is 2. The van der Waals surface area contributed by atoms with Gasteiger partial charge in [-0.3, -0.25) is 14.4 Å². The van der Waals surface area contributed by atoms with Gasteiger partial charge in [-0.2, -0.15) is 0 Å². The highest BCUT2D eigenvalue weighted by molar-refractivity contribution is 8.00. The average molecular weight is 387 g/mol. The number of anilines is 1. The standard InChI is InChI=1S/C20H21NO5S/c1-14-6-5-7-15(10-14)21-19(23)12-27-13-20(24)26-11-17(22)16-8-3-4-9-18(16)25-2/h3-10H,11-13H2,1-2H3,(H,21,23). The Hall–Kier alpha value is -2.80. The molecule has 0 aromatic heterocycles. The summed E-state index contributed by atoms with van der Waals surface area (Å²) in [5.74, 6) is -0.567. The molecule has 0 heterocycles. The van der Waals surface area contributed by atoms with Crippen molar-refractivity contribution in [2.24, 2.45) is 0 Å². The van der Waals surface area contributed by atoms with Crippen LogP contribution in [0.1, 0.15) is 15.9 Å². The van der Waals surface area contributed by atoms with Crippen LogP contribution < -0.4 is 10.1 Å². The van der Waals surface area contributed by atoms with E-state index in [1.54, 1.807) is 30.3 Å². The molecule has 0 bridgehead atoms. The number of ether oxygens (including phenoxy) is 2. The second-order valence-electron chi connectivity index (χ2n) is 5.69. The first-order chi connectivity index (χ1) is 13.0. The Morgan fingerprint density at radius 3 is 2.56 bits per heavy atom. The van der Waals surface area contributed by atoms with E-state index in [2.05, 4.69) is 5.32 Å². The molecule has 7 heteroatoms. The van der Waals surface area contributed by atoms with Crippen LogP contribution in [0.15, 0.2) is 48.5 Å². The maximum Gasteiger partial charge on any atom is 0.316 e. The van der Waals surface area contributed by atoms with Crippen molar-refractivity contribution in [2.45, 2.75) is 6.92 Å². The summed E-state index contributed by atoms with van der Waals surface area (Å²) in [4.78, 5) is 35.7. The number of ketones is 1. The summed E-state index contributed by atoms with van der Waals surface area (Å²) in [7, 11) is 1.47. The van der Waals surface area contributed by atoms with Crippen molar-refractivity contribution in [3.63, 3.8) is 0 Å². The van der Waals surface area contributed by atoms with E-state index in [0.717, 1.165) is 17.3 Å². The maximum absolute atomic E-state index is 12.1. The molecule has 0 spiro atoms. The number of amides is 1. The summed E-state index contributed by atoms with van der Waals surface area (Å²) in [5, 5.41) is 2.76. The van der Waals surface area contributed by atoms with Crippen molar-refractivity contribution in [1.82, 2.24) is 0 Å². The van der Waals surface area contributed by atoms with E-state index in [1.807, 2.05) is 25.1 Å². The largest absolute Gasteiger partial charge is 0.496 e. The van der Waals surface area contributed by atoms with Crippen molar-refractivity contribution in [1.29, 1.82) is 0 Å². The van der Waals surface area contributed by atoms with Crippen LogP contribution in [0.4, 0.5) is 5.69 Å². The van der Waals surface area contributed by atoms with Gasteiger partial charge in [-0.05, 0) is 36.8 Å². The van der Waals surface area contributed by atoms with Crippen LogP contribution in [0.5, 0.6) is 5.75 Å². The molecule has 0 aliphatic carbocycles. The van der Waals surface area contributed by atoms with E-state index in [4.69, 9.17) is 9.47 Å². The summed E-state index contributed by atoms with van der Waals surface area (Å²) < 4.78 is 10.1. The molecule has 27 heavy (non-hydrogen) atoms. The Morgan fingerprint density at radius 2 is 1.81 bits per heavy atom. The molecule has 1 amide bonds. The minimum atomic E-state index is -0.549. The predicted molar refractivity (Wildman–Crippen MR) is 105 cm³/mol. The number of esters is 1. The van der Waals surface area contributed by atoms with Crippen molar-refractivity contribution < 1.29 is 23.9 Å². The Balaban J connectivity index is 1.70. The number of hydrogen-bond donors (Lipinski definition) is 1. The average Bonchev–Trinajstić information content (AvgIpc) is 2.66. The van der Waals surface area contributed by atoms with E-state index in [0.29, 0.717) is 17.0 Å². The van der Waals surface area contributed by atoms with Gasteiger partial charge >= 0.3 is 5.97 Å². The number of thioether (sulfide) groups is 1. The van der Waals surface area contributed by atoms with Gasteiger partial charge in [0.05, 0.1) is 24.2 Å². The second-order valence-corrected chi connectivity index (χ2v) is 6.68. The van der Waals surface area contributed by atoms with Crippen LogP contribution in [0.25, 0.3) is 0 Å². The summed E-state index contributed by atoms with van der Waals surface area (Å²) in [6, 6.07) is 14.2. The number of Topliss-reactive ketones (excluding diaryl/α,β-unsaturated/α-hetero) is 1. The lowest BCUT2D eigenvalue weighted by Crippen LogP contribution is -2.18. The Kier molecular flexibility index (Phi) is 7.88. The summed E-state index contributed by atoms with van der Waals surface area (Å²) in [6.45, 7) is 1.57. The van der Waals surface area contributed by atoms with Gasteiger partial charge in [-0.15, -0.1) is 11.8 Å². The molecule has 0 unspecified atom stereocenters. The summed E-state index contributed by atoms with van der Waals surface area (Å²) in [6.07, 6.45) is 0. The van der Waals surface area contributed by atoms with Crippen LogP contribution in [0.3, 0.4) is 0 Å². The molecular formula is C20H21NO5S. The minimum Gasteiger partial charge on any atom is -0.496 e. The fourth-order valence-corrected chi connectivity index (χ4v) is 2.90. The fraction of sp³-hybridized carbons (Fsp3) is 0.250. The summed E-state index contributed by atoms with van der Waals surface area (Å²) in [5.41, 5.74) is 2.12. The number of nitrogens with one attached hydrogen (secondary N) is 1. The molecule has 0 radical (unpaired) electrons. The van der Waals surface area contributed by atoms with Crippen LogP contribution >= 0.6 is 11.8 Å². The summed E-state index contributed by atoms with van der Waals surface area (Å²) >= 11 is 1.13. The van der Waals surface area contributed by atoms with Gasteiger partial charge in [0.1, 0.15) is 5.75 Å². The number of hydrogen-bond acceptors (Lipinski definition) is 6. The zero-order valence-corrected chi connectivity index (χ0v) is 16.0. The molecule has 0 aliphatic heterocycles. The third-order valence-corrected chi connectivity index (χ3v) is 4.43. The lowest BCUT2D eigenvalue weighted by molar-refractivity contribution is -0.139. The zero-order valence-electron chi connectivity index (χ0n) is 15.2. The van der Waals surface area contributed by atoms with Crippen molar-refractivity contribution in [3.05, 3.63) is 59.7 Å². The number of methoxy groups -OCH3 is 1. The van der Waals surface area contributed by atoms with E-state index < -0.39 is 5.97 Å². The van der Waals surface area contributed by atoms with Gasteiger partial charge in [0, 0.05) is 5.69 Å². The SMILES string of the molecule is COc1ccccc1C(=O)COC(=O)CSCC(=O)Nc1cccc(C)c1. The van der Waals surface area contributed by atoms with E-state index >= 15 is 0 Å². The Morgan fingerprint density at radius 1 is 1.04 bits per heavy atom. The van der Waals surface area contributed by atoms with Gasteiger partial charge in [-0.25, -0.2) is 0 Å². The van der Waals surface area contributed by atoms with Crippen LogP contribution in [0.2, 0.25) is 0 Å². The van der Waals surface area contributed by atoms with Gasteiger partial charge in [0.15, 0.2) is 6.61 Å². The third kappa shape index (κ3) is 6.79. The first-order valence-electron chi connectivity index (χ1n) is 8.25. The van der Waals surface area contributed by atoms with Crippen LogP contribution in [0, 0.1) is 6.92 Å². The molecule has 2 aromatic rings. The number of rotatable bonds is 9. The fourth-order valence-electron chi connectivity index (χ4n) is 2.29. The van der Waals surface area contributed by atoms with E-state index in [9.17, 15) is 14.4 Å². The van der Waals surface area contributed by atoms with Gasteiger partial charge in [-0.1, -0.05) is 24.3 Å². The first kappa shape index (κ1) is 20.5. The van der Waals surface area contributed by atoms with Crippen molar-refractivity contribution >= 4 is 35.1 Å². The molecule has 6 nitrogen and oxygen atoms in total. The molecular weight excluding hydrogens is 366 g/mol. The van der Waals surface area contributed by atoms with Crippen LogP contribution in [-0.2, 0) is 14.3 Å². The van der Waals surface area contributed by atoms with Gasteiger partial charge < -0.3 is 14.8 Å². The monoisotopic (exact) mass is 387 g/mol. The molecule has 0 fully saturated rings. The first-order valence-corrected chi connectivity index (χ1v) is 9.41. The smallest absolute Gasteiger partial charge is 0.316 e. The number of carbonyl (C=O) groups excluding carboxylic acids is 3. The molecule has 142 valence electrons. The van der Waals surface area contributed by atoms with Crippen LogP contribution in [-0.4, -0.2) is 42.9 Å². The maximum atomic E-state index is 12.1. The minimum absolute atomic E-state index is 0.0135. The molecule has 1 N–H and O–H groups in total. The molecule has 2 rings (SSSR count). The topological polar surface area (TPSA) is 81.7 Å². The predicted octanol–water partition coefficient (Wildman–Crippen LogP) is 3.10. The van der Waals surface area contributed by atoms with Crippen molar-refractivity contribution in [3.8, 4) is 5.75 Å². The van der Waals surface area contributed by atoms with Crippen molar-refractivity contribution in [2.75, 3.05) is 30.5 Å². The van der Waals surface area contributed by atoms with Gasteiger partial charge in [0.25, 0.3) is 0 Å². The Bertz CT molecular complexity index is 822. The zero-order chi connectivity index (χ0) is 19.6. The molecule has 2 aromatic carbocycles. The number of carbonyl (C=O) groups is 3. The van der Waals surface area contributed by atoms with E-state index in [1.165, 1.54) is 7.11 Å². The number of aryl methyl sites for hydroxylation is 1. The third-order valence-electron chi connectivity index (χ3n) is 3.53. The highest BCUT2D eigenvalue weighted by Gasteiger charge is 2.14. The molecule has 0 saturated carbocycles. The van der Waals surface area contributed by atoms with E-state index in [-0.39, 0.29) is 29.8 Å².